The first-order chi connectivity index (χ1) is 8.75. The van der Waals surface area contributed by atoms with E-state index in [-0.39, 0.29) is 0 Å². The Hall–Kier alpha value is -1.96. The molecular weight excluding hydrogens is 225 g/mol. The van der Waals surface area contributed by atoms with Gasteiger partial charge in [0.25, 0.3) is 0 Å². The lowest BCUT2D eigenvalue weighted by atomic mass is 9.96. The quantitative estimate of drug-likeness (QED) is 0.725. The summed E-state index contributed by atoms with van der Waals surface area (Å²) in [6, 6.07) is 15.1. The molecule has 1 nitrogen and oxygen atoms in total. The number of rotatable bonds is 1. The van der Waals surface area contributed by atoms with Gasteiger partial charge in [-0.05, 0) is 35.4 Å². The lowest BCUT2D eigenvalue weighted by Crippen LogP contribution is -2.33. The lowest BCUT2D eigenvalue weighted by molar-refractivity contribution is 0.356. The van der Waals surface area contributed by atoms with E-state index in [1.807, 2.05) is 55.5 Å². The zero-order valence-corrected chi connectivity index (χ0v) is 10.2. The van der Waals surface area contributed by atoms with Crippen LogP contribution in [0.15, 0.2) is 53.5 Å². The van der Waals surface area contributed by atoms with Crippen LogP contribution in [0.4, 0.5) is 4.39 Å². The predicted octanol–water partition coefficient (Wildman–Crippen LogP) is 2.49. The second-order valence-electron chi connectivity index (χ2n) is 4.60. The van der Waals surface area contributed by atoms with Crippen LogP contribution in [-0.2, 0) is 0 Å². The van der Waals surface area contributed by atoms with Crippen LogP contribution in [0, 0.1) is 6.92 Å². The number of hydrogen-bond acceptors (Lipinski definition) is 1. The fraction of sp³-hybridized carbons (Fsp3) is 0.188. The van der Waals surface area contributed by atoms with Crippen molar-refractivity contribution >= 4 is 6.08 Å². The topological polar surface area (TPSA) is 12.4 Å². The van der Waals surface area contributed by atoms with Crippen LogP contribution in [-0.4, -0.2) is 6.17 Å². The van der Waals surface area contributed by atoms with E-state index in [2.05, 4.69) is 4.99 Å². The molecule has 0 aromatic heterocycles. The fourth-order valence-electron chi connectivity index (χ4n) is 2.39. The standard InChI is InChI=1S/C16H14FN/c1-11-6-2-4-8-13(11)16-14(17)10-12-7-3-5-9-15(12)18-16/h2-10,14,16H,1H3. The number of hydrogen-bond donors (Lipinski definition) is 0. The molecular formula is C16H14FN. The van der Waals surface area contributed by atoms with Gasteiger partial charge >= 0.3 is 0 Å². The Morgan fingerprint density at radius 2 is 1.72 bits per heavy atom. The molecule has 1 heterocycles. The highest BCUT2D eigenvalue weighted by molar-refractivity contribution is 5.39. The molecule has 2 unspecified atom stereocenters. The van der Waals surface area contributed by atoms with E-state index in [0.717, 1.165) is 21.7 Å². The van der Waals surface area contributed by atoms with E-state index in [1.165, 1.54) is 0 Å². The van der Waals surface area contributed by atoms with E-state index in [9.17, 15) is 4.39 Å². The molecule has 0 saturated heterocycles. The Morgan fingerprint density at radius 3 is 2.56 bits per heavy atom. The average molecular weight is 239 g/mol. The number of fused-ring (bicyclic) bond motifs is 1. The van der Waals surface area contributed by atoms with Gasteiger partial charge in [-0.25, -0.2) is 4.39 Å². The first kappa shape index (κ1) is 11.1. The SMILES string of the molecule is Cc1ccccc1C1N=c2ccccc2=CC1F. The van der Waals surface area contributed by atoms with Crippen LogP contribution in [0.2, 0.25) is 0 Å². The van der Waals surface area contributed by atoms with Crippen molar-refractivity contribution in [1.82, 2.24) is 0 Å². The summed E-state index contributed by atoms with van der Waals surface area (Å²) in [5, 5.41) is 1.76. The lowest BCUT2D eigenvalue weighted by Gasteiger charge is -2.19. The summed E-state index contributed by atoms with van der Waals surface area (Å²) in [6.45, 7) is 2.00. The number of nitrogens with zero attached hydrogens (tertiary/aromatic N) is 1. The fourth-order valence-corrected chi connectivity index (χ4v) is 2.39. The molecule has 0 amide bonds. The van der Waals surface area contributed by atoms with Gasteiger partial charge in [0.15, 0.2) is 0 Å². The summed E-state index contributed by atoms with van der Waals surface area (Å²) in [4.78, 5) is 4.55. The van der Waals surface area contributed by atoms with Crippen molar-refractivity contribution in [2.45, 2.75) is 19.1 Å². The molecule has 2 heteroatoms. The van der Waals surface area contributed by atoms with Crippen LogP contribution < -0.4 is 10.6 Å². The molecule has 2 atom stereocenters. The maximum absolute atomic E-state index is 14.2. The molecule has 0 radical (unpaired) electrons. The Labute approximate surface area is 105 Å². The first-order valence-electron chi connectivity index (χ1n) is 6.10. The van der Waals surface area contributed by atoms with E-state index >= 15 is 0 Å². The number of alkyl halides is 1. The third-order valence-corrected chi connectivity index (χ3v) is 3.36. The van der Waals surface area contributed by atoms with Gasteiger partial charge in [0.05, 0.1) is 5.36 Å². The zero-order valence-electron chi connectivity index (χ0n) is 10.2. The number of para-hydroxylation sites is 1. The molecule has 0 bridgehead atoms. The molecule has 2 aromatic carbocycles. The van der Waals surface area contributed by atoms with Crippen molar-refractivity contribution in [1.29, 1.82) is 0 Å². The third kappa shape index (κ3) is 1.84. The Bertz CT molecular complexity index is 690. The van der Waals surface area contributed by atoms with Crippen molar-refractivity contribution in [3.8, 4) is 0 Å². The molecule has 0 aliphatic carbocycles. The summed E-state index contributed by atoms with van der Waals surface area (Å²) < 4.78 is 14.2. The summed E-state index contributed by atoms with van der Waals surface area (Å²) in [5.41, 5.74) is 2.05. The maximum atomic E-state index is 14.2. The summed E-state index contributed by atoms with van der Waals surface area (Å²) in [6.07, 6.45) is 0.611. The van der Waals surface area contributed by atoms with Crippen molar-refractivity contribution < 1.29 is 4.39 Å². The molecule has 18 heavy (non-hydrogen) atoms. The van der Waals surface area contributed by atoms with Gasteiger partial charge in [-0.1, -0.05) is 42.5 Å². The molecule has 1 aliphatic rings. The normalized spacial score (nSPS) is 21.7. The molecule has 0 fully saturated rings. The second kappa shape index (κ2) is 4.37. The van der Waals surface area contributed by atoms with E-state index in [4.69, 9.17) is 0 Å². The van der Waals surface area contributed by atoms with E-state index in [1.54, 1.807) is 6.08 Å². The highest BCUT2D eigenvalue weighted by atomic mass is 19.1. The first-order valence-corrected chi connectivity index (χ1v) is 6.10. The zero-order chi connectivity index (χ0) is 12.5. The molecule has 0 spiro atoms. The number of aryl methyl sites for hydroxylation is 1. The Balaban J connectivity index is 2.16. The second-order valence-corrected chi connectivity index (χ2v) is 4.60. The van der Waals surface area contributed by atoms with Crippen LogP contribution in [0.3, 0.4) is 0 Å². The van der Waals surface area contributed by atoms with Crippen molar-refractivity contribution in [3.63, 3.8) is 0 Å². The highest BCUT2D eigenvalue weighted by Gasteiger charge is 2.23. The smallest absolute Gasteiger partial charge is 0.146 e. The molecule has 2 aromatic rings. The van der Waals surface area contributed by atoms with Crippen LogP contribution >= 0.6 is 0 Å². The molecule has 0 saturated carbocycles. The monoisotopic (exact) mass is 239 g/mol. The minimum atomic E-state index is -1.05. The Morgan fingerprint density at radius 1 is 1.00 bits per heavy atom. The van der Waals surface area contributed by atoms with Crippen molar-refractivity contribution in [2.24, 2.45) is 4.99 Å². The third-order valence-electron chi connectivity index (χ3n) is 3.36. The summed E-state index contributed by atoms with van der Waals surface area (Å²) in [7, 11) is 0. The van der Waals surface area contributed by atoms with Crippen molar-refractivity contribution in [2.75, 3.05) is 0 Å². The number of halogens is 1. The van der Waals surface area contributed by atoms with Gasteiger partial charge in [-0.15, -0.1) is 0 Å². The predicted molar refractivity (Wildman–Crippen MR) is 70.5 cm³/mol. The maximum Gasteiger partial charge on any atom is 0.146 e. The van der Waals surface area contributed by atoms with Crippen molar-refractivity contribution in [3.05, 3.63) is 70.2 Å². The molecule has 0 N–H and O–H groups in total. The van der Waals surface area contributed by atoms with Gasteiger partial charge in [0, 0.05) is 0 Å². The highest BCUT2D eigenvalue weighted by Crippen LogP contribution is 2.27. The minimum absolute atomic E-state index is 0.416. The summed E-state index contributed by atoms with van der Waals surface area (Å²) in [5.74, 6) is 0. The van der Waals surface area contributed by atoms with Gasteiger partial charge in [0.1, 0.15) is 12.2 Å². The minimum Gasteiger partial charge on any atom is -0.273 e. The average Bonchev–Trinajstić information content (AvgIpc) is 2.39. The number of benzene rings is 2. The van der Waals surface area contributed by atoms with E-state index < -0.39 is 12.2 Å². The molecule has 90 valence electrons. The van der Waals surface area contributed by atoms with Crippen LogP contribution in [0.25, 0.3) is 6.08 Å². The van der Waals surface area contributed by atoms with E-state index in [0.29, 0.717) is 0 Å². The van der Waals surface area contributed by atoms with Crippen LogP contribution in [0.1, 0.15) is 17.2 Å². The molecule has 3 rings (SSSR count). The van der Waals surface area contributed by atoms with Crippen LogP contribution in [0.5, 0.6) is 0 Å². The van der Waals surface area contributed by atoms with Gasteiger partial charge < -0.3 is 0 Å². The molecule has 1 aliphatic heterocycles. The largest absolute Gasteiger partial charge is 0.273 e. The summed E-state index contributed by atoms with van der Waals surface area (Å²) >= 11 is 0. The van der Waals surface area contributed by atoms with Gasteiger partial charge in [0.2, 0.25) is 0 Å². The van der Waals surface area contributed by atoms with Gasteiger partial charge in [-0.3, -0.25) is 4.99 Å². The van der Waals surface area contributed by atoms with Gasteiger partial charge in [-0.2, -0.15) is 0 Å². The Kier molecular flexibility index (Phi) is 2.71.